The molecule has 0 heterocycles. The Morgan fingerprint density at radius 3 is 1.31 bits per heavy atom. The van der Waals surface area contributed by atoms with Crippen molar-refractivity contribution >= 4 is 5.97 Å². The van der Waals surface area contributed by atoms with Crippen molar-refractivity contribution in [3.63, 3.8) is 0 Å². The molecule has 0 aliphatic rings. The van der Waals surface area contributed by atoms with Crippen LogP contribution < -0.4 is 0 Å². The Morgan fingerprint density at radius 2 is 0.889 bits per heavy atom. The quantitative estimate of drug-likeness (QED) is 0.0689. The van der Waals surface area contributed by atoms with E-state index in [1.54, 1.807) is 0 Å². The van der Waals surface area contributed by atoms with E-state index in [0.29, 0.717) is 79.1 Å². The molecular weight excluding hydrogens is 460 g/mol. The van der Waals surface area contributed by atoms with Gasteiger partial charge in [-0.25, -0.2) is 0 Å². The fourth-order valence-corrected chi connectivity index (χ4v) is 3.58. The first-order valence-electron chi connectivity index (χ1n) is 14.3. The number of hydrogen-bond donors (Lipinski definition) is 0. The van der Waals surface area contributed by atoms with Gasteiger partial charge in [-0.1, -0.05) is 89.9 Å². The molecule has 0 radical (unpaired) electrons. The smallest absolute Gasteiger partial charge is 0.305 e. The zero-order valence-electron chi connectivity index (χ0n) is 23.1. The van der Waals surface area contributed by atoms with Crippen LogP contribution in [0.2, 0.25) is 0 Å². The Labute approximate surface area is 221 Å². The summed E-state index contributed by atoms with van der Waals surface area (Å²) in [6, 6.07) is 0. The van der Waals surface area contributed by atoms with Crippen molar-refractivity contribution in [1.29, 1.82) is 0 Å². The predicted octanol–water partition coefficient (Wildman–Crippen LogP) is 5.73. The van der Waals surface area contributed by atoms with Gasteiger partial charge in [-0.05, 0) is 6.42 Å². The van der Waals surface area contributed by atoms with Gasteiger partial charge in [0.05, 0.1) is 59.5 Å². The van der Waals surface area contributed by atoms with Crippen LogP contribution in [0.5, 0.6) is 0 Å². The lowest BCUT2D eigenvalue weighted by Gasteiger charge is -2.08. The summed E-state index contributed by atoms with van der Waals surface area (Å²) in [6.07, 6.45) is 22.5. The monoisotopic (exact) mass is 514 g/mol. The molecule has 0 amide bonds. The van der Waals surface area contributed by atoms with Crippen molar-refractivity contribution in [2.24, 2.45) is 0 Å². The van der Waals surface area contributed by atoms with Gasteiger partial charge in [0.1, 0.15) is 13.2 Å². The second-order valence-electron chi connectivity index (χ2n) is 8.92. The second kappa shape index (κ2) is 31.9. The van der Waals surface area contributed by atoms with Gasteiger partial charge in [0, 0.05) is 6.42 Å². The number of ether oxygens (including phenoxy) is 6. The number of hydrogen-bond acceptors (Lipinski definition) is 7. The molecule has 36 heavy (non-hydrogen) atoms. The highest BCUT2D eigenvalue weighted by molar-refractivity contribution is 5.69. The topological polar surface area (TPSA) is 72.5 Å². The zero-order chi connectivity index (χ0) is 26.2. The fraction of sp³-hybridized carbons (Fsp3) is 0.897. The summed E-state index contributed by atoms with van der Waals surface area (Å²) >= 11 is 0. The molecule has 212 valence electrons. The first-order chi connectivity index (χ1) is 17.8. The number of rotatable bonds is 30. The van der Waals surface area contributed by atoms with Crippen molar-refractivity contribution in [2.45, 2.75) is 96.8 Å². The Morgan fingerprint density at radius 1 is 0.528 bits per heavy atom. The molecule has 0 aliphatic heterocycles. The molecule has 0 aromatic carbocycles. The van der Waals surface area contributed by atoms with E-state index >= 15 is 0 Å². The Balaban J connectivity index is 3.14. The van der Waals surface area contributed by atoms with E-state index in [1.807, 2.05) is 0 Å². The molecule has 0 saturated heterocycles. The van der Waals surface area contributed by atoms with Gasteiger partial charge in [0.25, 0.3) is 0 Å². The third-order valence-corrected chi connectivity index (χ3v) is 5.65. The van der Waals surface area contributed by atoms with Crippen LogP contribution in [0.4, 0.5) is 0 Å². The summed E-state index contributed by atoms with van der Waals surface area (Å²) < 4.78 is 31.9. The summed E-state index contributed by atoms with van der Waals surface area (Å²) in [5.74, 6) is 2.27. The number of carbonyl (C=O) groups excluding carboxylic acids is 1. The highest BCUT2D eigenvalue weighted by Gasteiger charge is 2.02. The number of carbonyl (C=O) groups is 1. The standard InChI is InChI=1S/C29H54O7/c1-3-5-6-7-8-9-10-11-12-13-14-15-16-17-29(30)36-28-27-35-26-25-34-24-23-33-22-21-32-20-19-31-18-4-2/h2H,3,5-28H2,1H3. The molecule has 0 N–H and O–H groups in total. The number of esters is 1. The highest BCUT2D eigenvalue weighted by atomic mass is 16.6. The minimum atomic E-state index is -0.126. The molecule has 0 saturated carbocycles. The lowest BCUT2D eigenvalue weighted by molar-refractivity contribution is -0.145. The van der Waals surface area contributed by atoms with Crippen LogP contribution in [0.25, 0.3) is 0 Å². The largest absolute Gasteiger partial charge is 0.463 e. The van der Waals surface area contributed by atoms with Gasteiger partial charge in [0.15, 0.2) is 0 Å². The summed E-state index contributed by atoms with van der Waals surface area (Å²) in [5, 5.41) is 0. The van der Waals surface area contributed by atoms with Crippen LogP contribution in [0.3, 0.4) is 0 Å². The second-order valence-corrected chi connectivity index (χ2v) is 8.92. The van der Waals surface area contributed by atoms with E-state index < -0.39 is 0 Å². The molecule has 0 fully saturated rings. The van der Waals surface area contributed by atoms with Gasteiger partial charge < -0.3 is 28.4 Å². The minimum absolute atomic E-state index is 0.126. The van der Waals surface area contributed by atoms with E-state index in [2.05, 4.69) is 12.8 Å². The van der Waals surface area contributed by atoms with Crippen LogP contribution in [0, 0.1) is 12.3 Å². The normalized spacial score (nSPS) is 11.0. The van der Waals surface area contributed by atoms with Crippen LogP contribution in [0.15, 0.2) is 0 Å². The Kier molecular flexibility index (Phi) is 30.8. The summed E-state index contributed by atoms with van der Waals surface area (Å²) in [7, 11) is 0. The molecule has 0 aromatic rings. The molecule has 0 unspecified atom stereocenters. The van der Waals surface area contributed by atoms with Gasteiger partial charge >= 0.3 is 5.97 Å². The van der Waals surface area contributed by atoms with E-state index in [1.165, 1.54) is 70.6 Å². The third-order valence-electron chi connectivity index (χ3n) is 5.65. The first kappa shape index (κ1) is 34.8. The van der Waals surface area contributed by atoms with E-state index in [0.717, 1.165) is 12.8 Å². The van der Waals surface area contributed by atoms with Gasteiger partial charge in [0.2, 0.25) is 0 Å². The van der Waals surface area contributed by atoms with Crippen molar-refractivity contribution in [2.75, 3.05) is 72.7 Å². The first-order valence-corrected chi connectivity index (χ1v) is 14.3. The van der Waals surface area contributed by atoms with E-state index in [-0.39, 0.29) is 5.97 Å². The fourth-order valence-electron chi connectivity index (χ4n) is 3.58. The summed E-state index contributed by atoms with van der Waals surface area (Å²) in [6.45, 7) is 7.26. The maximum Gasteiger partial charge on any atom is 0.305 e. The van der Waals surface area contributed by atoms with Gasteiger partial charge in [-0.2, -0.15) is 0 Å². The average Bonchev–Trinajstić information content (AvgIpc) is 2.88. The third kappa shape index (κ3) is 30.9. The predicted molar refractivity (Wildman–Crippen MR) is 144 cm³/mol. The van der Waals surface area contributed by atoms with Crippen molar-refractivity contribution in [3.8, 4) is 12.3 Å². The Hall–Kier alpha value is -1.17. The van der Waals surface area contributed by atoms with E-state index in [4.69, 9.17) is 34.8 Å². The average molecular weight is 515 g/mol. The van der Waals surface area contributed by atoms with Crippen LogP contribution in [-0.2, 0) is 33.2 Å². The molecule has 7 nitrogen and oxygen atoms in total. The van der Waals surface area contributed by atoms with Gasteiger partial charge in [-0.15, -0.1) is 6.42 Å². The molecular formula is C29H54O7. The lowest BCUT2D eigenvalue weighted by Crippen LogP contribution is -2.15. The van der Waals surface area contributed by atoms with Crippen molar-refractivity contribution < 1.29 is 33.2 Å². The van der Waals surface area contributed by atoms with Gasteiger partial charge in [-0.3, -0.25) is 4.79 Å². The number of terminal acetylenes is 1. The van der Waals surface area contributed by atoms with Crippen LogP contribution in [-0.4, -0.2) is 78.6 Å². The maximum atomic E-state index is 11.8. The minimum Gasteiger partial charge on any atom is -0.463 e. The van der Waals surface area contributed by atoms with Crippen molar-refractivity contribution in [1.82, 2.24) is 0 Å². The summed E-state index contributed by atoms with van der Waals surface area (Å²) in [5.41, 5.74) is 0. The molecule has 0 rings (SSSR count). The zero-order valence-corrected chi connectivity index (χ0v) is 23.1. The molecule has 7 heteroatoms. The highest BCUT2D eigenvalue weighted by Crippen LogP contribution is 2.13. The van der Waals surface area contributed by atoms with Crippen LogP contribution >= 0.6 is 0 Å². The molecule has 0 spiro atoms. The lowest BCUT2D eigenvalue weighted by atomic mass is 10.0. The summed E-state index contributed by atoms with van der Waals surface area (Å²) in [4.78, 5) is 11.8. The molecule has 0 aliphatic carbocycles. The van der Waals surface area contributed by atoms with E-state index in [9.17, 15) is 4.79 Å². The maximum absolute atomic E-state index is 11.8. The Bertz CT molecular complexity index is 479. The van der Waals surface area contributed by atoms with Crippen LogP contribution in [0.1, 0.15) is 96.8 Å². The number of unbranched alkanes of at least 4 members (excludes halogenated alkanes) is 12. The molecule has 0 atom stereocenters. The molecule has 0 bridgehead atoms. The SMILES string of the molecule is C#CCOCCOCCOCCOCCOCCOC(=O)CCCCCCCCCCCCCCC. The molecule has 0 aromatic heterocycles. The van der Waals surface area contributed by atoms with Crippen molar-refractivity contribution in [3.05, 3.63) is 0 Å².